The topological polar surface area (TPSA) is 49.4 Å². The lowest BCUT2D eigenvalue weighted by molar-refractivity contribution is -0.123. The summed E-state index contributed by atoms with van der Waals surface area (Å²) >= 11 is 7.53. The minimum atomic E-state index is -0.328. The van der Waals surface area contributed by atoms with Gasteiger partial charge in [-0.05, 0) is 35.4 Å². The fourth-order valence-corrected chi connectivity index (χ4v) is 4.40. The van der Waals surface area contributed by atoms with Crippen molar-refractivity contribution in [1.29, 1.82) is 0 Å². The fourth-order valence-electron chi connectivity index (χ4n) is 3.34. The number of para-hydroxylation sites is 1. The summed E-state index contributed by atoms with van der Waals surface area (Å²) < 4.78 is 0. The predicted octanol–water partition coefficient (Wildman–Crippen LogP) is 4.68. The van der Waals surface area contributed by atoms with Gasteiger partial charge in [-0.2, -0.15) is 0 Å². The van der Waals surface area contributed by atoms with Gasteiger partial charge in [0.2, 0.25) is 11.8 Å². The van der Waals surface area contributed by atoms with E-state index in [1.165, 1.54) is 11.8 Å². The summed E-state index contributed by atoms with van der Waals surface area (Å²) in [7, 11) is 0. The van der Waals surface area contributed by atoms with Crippen molar-refractivity contribution in [2.24, 2.45) is 0 Å². The summed E-state index contributed by atoms with van der Waals surface area (Å²) in [6.45, 7) is -0.0205. The Morgan fingerprint density at radius 2 is 1.62 bits per heavy atom. The lowest BCUT2D eigenvalue weighted by Crippen LogP contribution is -2.44. The van der Waals surface area contributed by atoms with Crippen LogP contribution >= 0.6 is 23.4 Å². The molecule has 1 N–H and O–H groups in total. The van der Waals surface area contributed by atoms with Gasteiger partial charge in [-0.3, -0.25) is 9.59 Å². The van der Waals surface area contributed by atoms with Gasteiger partial charge in [0.25, 0.3) is 0 Å². The molecule has 146 valence electrons. The highest BCUT2D eigenvalue weighted by Gasteiger charge is 2.27. The first-order valence-electron chi connectivity index (χ1n) is 9.24. The molecule has 0 aromatic heterocycles. The molecule has 0 fully saturated rings. The average molecular weight is 423 g/mol. The average Bonchev–Trinajstić information content (AvgIpc) is 2.75. The van der Waals surface area contributed by atoms with Crippen LogP contribution in [0.25, 0.3) is 0 Å². The van der Waals surface area contributed by atoms with Crippen molar-refractivity contribution < 1.29 is 9.59 Å². The van der Waals surface area contributed by atoms with E-state index in [0.29, 0.717) is 10.8 Å². The zero-order chi connectivity index (χ0) is 20.2. The van der Waals surface area contributed by atoms with Crippen LogP contribution < -0.4 is 10.2 Å². The minimum Gasteiger partial charge on any atom is -0.344 e. The highest BCUT2D eigenvalue weighted by Crippen LogP contribution is 2.34. The Bertz CT molecular complexity index is 1020. The van der Waals surface area contributed by atoms with Crippen LogP contribution in [0.1, 0.15) is 17.2 Å². The Balaban J connectivity index is 1.57. The van der Waals surface area contributed by atoms with Crippen LogP contribution in [0.5, 0.6) is 0 Å². The molecule has 0 aliphatic carbocycles. The lowest BCUT2D eigenvalue weighted by atomic mass is 9.98. The van der Waals surface area contributed by atoms with Crippen LogP contribution in [0, 0.1) is 0 Å². The number of thioether (sulfide) groups is 1. The molecule has 4 rings (SSSR count). The highest BCUT2D eigenvalue weighted by atomic mass is 35.5. The van der Waals surface area contributed by atoms with E-state index in [1.54, 1.807) is 17.0 Å². The first-order valence-corrected chi connectivity index (χ1v) is 10.6. The second-order valence-electron chi connectivity index (χ2n) is 6.70. The number of carbonyl (C=O) groups excluding carboxylic acids is 2. The number of rotatable bonds is 5. The Morgan fingerprint density at radius 3 is 2.38 bits per heavy atom. The molecule has 1 aliphatic heterocycles. The van der Waals surface area contributed by atoms with Gasteiger partial charge >= 0.3 is 0 Å². The Morgan fingerprint density at radius 1 is 0.966 bits per heavy atom. The number of halogens is 1. The molecule has 6 heteroatoms. The van der Waals surface area contributed by atoms with Crippen molar-refractivity contribution in [3.8, 4) is 0 Å². The van der Waals surface area contributed by atoms with E-state index in [0.717, 1.165) is 21.7 Å². The van der Waals surface area contributed by atoms with Crippen LogP contribution in [-0.2, 0) is 9.59 Å². The predicted molar refractivity (Wildman–Crippen MR) is 117 cm³/mol. The molecule has 2 amide bonds. The summed E-state index contributed by atoms with van der Waals surface area (Å²) in [5.41, 5.74) is 2.67. The normalized spacial score (nSPS) is 14.2. The molecule has 29 heavy (non-hydrogen) atoms. The van der Waals surface area contributed by atoms with E-state index < -0.39 is 0 Å². The number of hydrogen-bond donors (Lipinski definition) is 1. The van der Waals surface area contributed by atoms with Gasteiger partial charge in [0, 0.05) is 9.92 Å². The van der Waals surface area contributed by atoms with Gasteiger partial charge in [0.05, 0.1) is 17.5 Å². The van der Waals surface area contributed by atoms with E-state index in [1.807, 2.05) is 66.7 Å². The number of anilines is 1. The van der Waals surface area contributed by atoms with E-state index >= 15 is 0 Å². The summed E-state index contributed by atoms with van der Waals surface area (Å²) in [6, 6.07) is 24.5. The third-order valence-electron chi connectivity index (χ3n) is 4.75. The molecule has 4 nitrogen and oxygen atoms in total. The SMILES string of the molecule is O=C(CN1C(=O)CSc2ccccc21)NC(c1ccccc1)c1ccc(Cl)cc1. The Labute approximate surface area is 178 Å². The van der Waals surface area contributed by atoms with E-state index in [-0.39, 0.29) is 24.4 Å². The molecular weight excluding hydrogens is 404 g/mol. The van der Waals surface area contributed by atoms with Crippen LogP contribution in [0.15, 0.2) is 83.8 Å². The molecule has 1 aliphatic rings. The number of nitrogens with one attached hydrogen (secondary N) is 1. The van der Waals surface area contributed by atoms with Gasteiger partial charge in [0.15, 0.2) is 0 Å². The summed E-state index contributed by atoms with van der Waals surface area (Å²) in [5.74, 6) is 0.0549. The van der Waals surface area contributed by atoms with Crippen molar-refractivity contribution in [2.75, 3.05) is 17.2 Å². The fraction of sp³-hybridized carbons (Fsp3) is 0.130. The van der Waals surface area contributed by atoms with Gasteiger partial charge in [-0.1, -0.05) is 66.2 Å². The third kappa shape index (κ3) is 4.47. The number of fused-ring (bicyclic) bond motifs is 1. The quantitative estimate of drug-likeness (QED) is 0.649. The third-order valence-corrected chi connectivity index (χ3v) is 6.05. The molecule has 0 spiro atoms. The smallest absolute Gasteiger partial charge is 0.240 e. The molecular formula is C23H19ClN2O2S. The van der Waals surface area contributed by atoms with Crippen molar-refractivity contribution in [3.63, 3.8) is 0 Å². The Kier molecular flexibility index (Phi) is 5.88. The maximum absolute atomic E-state index is 13.0. The van der Waals surface area contributed by atoms with Crippen molar-refractivity contribution in [3.05, 3.63) is 95.0 Å². The van der Waals surface area contributed by atoms with Crippen molar-refractivity contribution in [2.45, 2.75) is 10.9 Å². The van der Waals surface area contributed by atoms with Crippen LogP contribution in [0.4, 0.5) is 5.69 Å². The van der Waals surface area contributed by atoms with Crippen LogP contribution in [0.2, 0.25) is 5.02 Å². The molecule has 0 saturated heterocycles. The largest absolute Gasteiger partial charge is 0.344 e. The van der Waals surface area contributed by atoms with E-state index in [9.17, 15) is 9.59 Å². The van der Waals surface area contributed by atoms with Gasteiger partial charge in [-0.15, -0.1) is 11.8 Å². The molecule has 3 aromatic carbocycles. The van der Waals surface area contributed by atoms with E-state index in [2.05, 4.69) is 5.32 Å². The molecule has 3 aromatic rings. The highest BCUT2D eigenvalue weighted by molar-refractivity contribution is 8.00. The molecule has 1 heterocycles. The number of carbonyl (C=O) groups is 2. The number of amides is 2. The summed E-state index contributed by atoms with van der Waals surface area (Å²) in [6.07, 6.45) is 0. The Hall–Kier alpha value is -2.76. The molecule has 0 saturated carbocycles. The second kappa shape index (κ2) is 8.72. The molecule has 1 atom stereocenters. The summed E-state index contributed by atoms with van der Waals surface area (Å²) in [5, 5.41) is 3.72. The number of hydrogen-bond acceptors (Lipinski definition) is 3. The number of benzene rings is 3. The van der Waals surface area contributed by atoms with Crippen molar-refractivity contribution in [1.82, 2.24) is 5.32 Å². The lowest BCUT2D eigenvalue weighted by Gasteiger charge is -2.29. The first-order chi connectivity index (χ1) is 14.1. The van der Waals surface area contributed by atoms with Crippen LogP contribution in [0.3, 0.4) is 0 Å². The molecule has 0 radical (unpaired) electrons. The van der Waals surface area contributed by atoms with E-state index in [4.69, 9.17) is 11.6 Å². The van der Waals surface area contributed by atoms with Gasteiger partial charge in [0.1, 0.15) is 6.54 Å². The van der Waals surface area contributed by atoms with Gasteiger partial charge < -0.3 is 10.2 Å². The zero-order valence-electron chi connectivity index (χ0n) is 15.5. The maximum atomic E-state index is 13.0. The van der Waals surface area contributed by atoms with Gasteiger partial charge in [-0.25, -0.2) is 0 Å². The standard InChI is InChI=1S/C23H19ClN2O2S/c24-18-12-10-17(11-13-18)23(16-6-2-1-3-7-16)25-21(27)14-26-19-8-4-5-9-20(19)29-15-22(26)28/h1-13,23H,14-15H2,(H,25,27). The number of nitrogens with zero attached hydrogens (tertiary/aromatic N) is 1. The second-order valence-corrected chi connectivity index (χ2v) is 8.15. The zero-order valence-corrected chi connectivity index (χ0v) is 17.1. The maximum Gasteiger partial charge on any atom is 0.240 e. The first kappa shape index (κ1) is 19.6. The van der Waals surface area contributed by atoms with Crippen LogP contribution in [-0.4, -0.2) is 24.1 Å². The molecule has 1 unspecified atom stereocenters. The molecule has 0 bridgehead atoms. The monoisotopic (exact) mass is 422 g/mol. The summed E-state index contributed by atoms with van der Waals surface area (Å²) in [4.78, 5) is 28.0. The van der Waals surface area contributed by atoms with Crippen molar-refractivity contribution >= 4 is 40.9 Å². The minimum absolute atomic E-state index is 0.0205.